The van der Waals surface area contributed by atoms with Crippen molar-refractivity contribution >= 4 is 5.91 Å². The molecule has 21 heavy (non-hydrogen) atoms. The number of carbonyl (C=O) groups is 1. The summed E-state index contributed by atoms with van der Waals surface area (Å²) in [5, 5.41) is 11.4. The van der Waals surface area contributed by atoms with E-state index in [1.807, 2.05) is 42.5 Å². The Balaban J connectivity index is 1.94. The number of carbonyl (C=O) groups excluding carboxylic acids is 1. The minimum atomic E-state index is -0.158. The molecular weight excluding hydrogens is 260 g/mol. The predicted octanol–water partition coefficient (Wildman–Crippen LogP) is 3.17. The summed E-state index contributed by atoms with van der Waals surface area (Å²) < 4.78 is 0. The molecule has 0 fully saturated rings. The lowest BCUT2D eigenvalue weighted by molar-refractivity contribution is -0.120. The molecule has 0 saturated carbocycles. The Bertz CT molecular complexity index is 627. The topological polar surface area (TPSA) is 52.9 Å². The largest absolute Gasteiger partial charge is 0.355 e. The summed E-state index contributed by atoms with van der Waals surface area (Å²) in [5.41, 5.74) is 3.27. The number of benzene rings is 2. The highest BCUT2D eigenvalue weighted by Crippen LogP contribution is 2.19. The molecule has 1 N–H and O–H groups in total. The quantitative estimate of drug-likeness (QED) is 0.913. The molecule has 0 aromatic heterocycles. The van der Waals surface area contributed by atoms with E-state index in [2.05, 4.69) is 23.5 Å². The minimum Gasteiger partial charge on any atom is -0.355 e. The van der Waals surface area contributed by atoms with E-state index >= 15 is 0 Å². The van der Waals surface area contributed by atoms with Crippen LogP contribution in [0.1, 0.15) is 12.5 Å². The fourth-order valence-corrected chi connectivity index (χ4v) is 2.01. The minimum absolute atomic E-state index is 0.0513. The van der Waals surface area contributed by atoms with Gasteiger partial charge >= 0.3 is 0 Å². The van der Waals surface area contributed by atoms with Gasteiger partial charge in [0.1, 0.15) is 0 Å². The fraction of sp³-hybridized carbons (Fsp3) is 0.222. The highest BCUT2D eigenvalue weighted by molar-refractivity contribution is 5.78. The maximum Gasteiger partial charge on any atom is 0.224 e. The van der Waals surface area contributed by atoms with Gasteiger partial charge in [-0.3, -0.25) is 4.79 Å². The zero-order chi connectivity index (χ0) is 15.1. The van der Waals surface area contributed by atoms with Crippen LogP contribution in [0.3, 0.4) is 0 Å². The zero-order valence-corrected chi connectivity index (χ0v) is 12.0. The van der Waals surface area contributed by atoms with E-state index in [1.54, 1.807) is 6.92 Å². The van der Waals surface area contributed by atoms with Crippen LogP contribution in [0, 0.1) is 17.2 Å². The van der Waals surface area contributed by atoms with Gasteiger partial charge in [0.2, 0.25) is 5.91 Å². The number of nitrogens with zero attached hydrogens (tertiary/aromatic N) is 1. The van der Waals surface area contributed by atoms with Crippen LogP contribution >= 0.6 is 0 Å². The summed E-state index contributed by atoms with van der Waals surface area (Å²) in [7, 11) is 0. The lowest BCUT2D eigenvalue weighted by atomic mass is 10.0. The maximum absolute atomic E-state index is 11.8. The molecule has 1 amide bonds. The van der Waals surface area contributed by atoms with E-state index < -0.39 is 0 Å². The van der Waals surface area contributed by atoms with Crippen LogP contribution in [0.25, 0.3) is 11.1 Å². The van der Waals surface area contributed by atoms with Crippen LogP contribution in [0.5, 0.6) is 0 Å². The third-order valence-corrected chi connectivity index (χ3v) is 3.25. The van der Waals surface area contributed by atoms with Gasteiger partial charge in [0.25, 0.3) is 0 Å². The van der Waals surface area contributed by atoms with Gasteiger partial charge in [-0.1, -0.05) is 54.6 Å². The third-order valence-electron chi connectivity index (χ3n) is 3.25. The molecule has 0 aliphatic carbocycles. The number of amides is 1. The summed E-state index contributed by atoms with van der Waals surface area (Å²) in [4.78, 5) is 11.8. The van der Waals surface area contributed by atoms with Crippen molar-refractivity contribution < 1.29 is 4.79 Å². The molecule has 2 rings (SSSR count). The standard InChI is InChI=1S/C18H18N2O/c1-14(12-19)13-20-18(21)11-15-7-9-17(10-8-15)16-5-3-2-4-6-16/h2-10,14H,11,13H2,1H3,(H,20,21). The Hall–Kier alpha value is -2.60. The molecule has 0 radical (unpaired) electrons. The predicted molar refractivity (Wildman–Crippen MR) is 83.4 cm³/mol. The molecule has 3 nitrogen and oxygen atoms in total. The van der Waals surface area contributed by atoms with Gasteiger partial charge in [-0.05, 0) is 23.6 Å². The van der Waals surface area contributed by atoms with E-state index in [9.17, 15) is 4.79 Å². The van der Waals surface area contributed by atoms with Crippen molar-refractivity contribution in [3.63, 3.8) is 0 Å². The van der Waals surface area contributed by atoms with Crippen LogP contribution in [-0.4, -0.2) is 12.5 Å². The Morgan fingerprint density at radius 2 is 1.71 bits per heavy atom. The van der Waals surface area contributed by atoms with Crippen LogP contribution in [0.15, 0.2) is 54.6 Å². The second kappa shape index (κ2) is 7.25. The molecule has 0 bridgehead atoms. The molecule has 2 aromatic carbocycles. The summed E-state index contributed by atoms with van der Waals surface area (Å²) in [6.07, 6.45) is 0.340. The number of rotatable bonds is 5. The van der Waals surface area contributed by atoms with Gasteiger partial charge in [0, 0.05) is 6.54 Å². The first-order valence-electron chi connectivity index (χ1n) is 6.99. The molecular formula is C18H18N2O. The molecule has 3 heteroatoms. The average molecular weight is 278 g/mol. The van der Waals surface area contributed by atoms with Crippen molar-refractivity contribution in [3.05, 3.63) is 60.2 Å². The average Bonchev–Trinajstić information content (AvgIpc) is 2.54. The molecule has 0 saturated heterocycles. The molecule has 1 unspecified atom stereocenters. The summed E-state index contributed by atoms with van der Waals surface area (Å²) >= 11 is 0. The highest BCUT2D eigenvalue weighted by Gasteiger charge is 2.06. The van der Waals surface area contributed by atoms with E-state index in [4.69, 9.17) is 5.26 Å². The van der Waals surface area contributed by atoms with Gasteiger partial charge in [0.05, 0.1) is 18.4 Å². The highest BCUT2D eigenvalue weighted by atomic mass is 16.1. The first-order chi connectivity index (χ1) is 10.2. The molecule has 0 aliphatic heterocycles. The van der Waals surface area contributed by atoms with E-state index in [0.717, 1.165) is 16.7 Å². The van der Waals surface area contributed by atoms with Crippen molar-refractivity contribution in [1.82, 2.24) is 5.32 Å². The van der Waals surface area contributed by atoms with Crippen molar-refractivity contribution in [3.8, 4) is 17.2 Å². The second-order valence-electron chi connectivity index (χ2n) is 5.07. The molecule has 0 spiro atoms. The number of hydrogen-bond acceptors (Lipinski definition) is 2. The van der Waals surface area contributed by atoms with E-state index in [1.165, 1.54) is 0 Å². The number of hydrogen-bond donors (Lipinski definition) is 1. The molecule has 0 heterocycles. The smallest absolute Gasteiger partial charge is 0.224 e. The van der Waals surface area contributed by atoms with Crippen LogP contribution < -0.4 is 5.32 Å². The Kier molecular flexibility index (Phi) is 5.11. The third kappa shape index (κ3) is 4.47. The molecule has 2 aromatic rings. The van der Waals surface area contributed by atoms with Crippen molar-refractivity contribution in [1.29, 1.82) is 5.26 Å². The molecule has 1 atom stereocenters. The zero-order valence-electron chi connectivity index (χ0n) is 12.0. The Morgan fingerprint density at radius 1 is 1.10 bits per heavy atom. The van der Waals surface area contributed by atoms with E-state index in [0.29, 0.717) is 13.0 Å². The normalized spacial score (nSPS) is 11.4. The molecule has 106 valence electrons. The van der Waals surface area contributed by atoms with Crippen LogP contribution in [0.4, 0.5) is 0 Å². The number of nitrogens with one attached hydrogen (secondary N) is 1. The van der Waals surface area contributed by atoms with Crippen LogP contribution in [-0.2, 0) is 11.2 Å². The Morgan fingerprint density at radius 3 is 2.33 bits per heavy atom. The summed E-state index contributed by atoms with van der Waals surface area (Å²) in [6, 6.07) is 20.2. The van der Waals surface area contributed by atoms with Crippen molar-refractivity contribution in [2.75, 3.05) is 6.54 Å². The van der Waals surface area contributed by atoms with E-state index in [-0.39, 0.29) is 11.8 Å². The van der Waals surface area contributed by atoms with Gasteiger partial charge in [0.15, 0.2) is 0 Å². The van der Waals surface area contributed by atoms with Gasteiger partial charge in [-0.2, -0.15) is 5.26 Å². The summed E-state index contributed by atoms with van der Waals surface area (Å²) in [5.74, 6) is -0.209. The second-order valence-corrected chi connectivity index (χ2v) is 5.07. The van der Waals surface area contributed by atoms with Gasteiger partial charge in [-0.25, -0.2) is 0 Å². The first-order valence-corrected chi connectivity index (χ1v) is 6.99. The van der Waals surface area contributed by atoms with Gasteiger partial charge in [-0.15, -0.1) is 0 Å². The summed E-state index contributed by atoms with van der Waals surface area (Å²) in [6.45, 7) is 2.19. The molecule has 0 aliphatic rings. The first kappa shape index (κ1) is 14.8. The Labute approximate surface area is 125 Å². The number of nitriles is 1. The monoisotopic (exact) mass is 278 g/mol. The fourth-order valence-electron chi connectivity index (χ4n) is 2.01. The van der Waals surface area contributed by atoms with Crippen LogP contribution in [0.2, 0.25) is 0 Å². The van der Waals surface area contributed by atoms with Gasteiger partial charge < -0.3 is 5.32 Å². The lowest BCUT2D eigenvalue weighted by Crippen LogP contribution is -2.29. The van der Waals surface area contributed by atoms with Crippen molar-refractivity contribution in [2.24, 2.45) is 5.92 Å². The SMILES string of the molecule is CC(C#N)CNC(=O)Cc1ccc(-c2ccccc2)cc1. The maximum atomic E-state index is 11.8. The lowest BCUT2D eigenvalue weighted by Gasteiger charge is -2.07. The van der Waals surface area contributed by atoms with Crippen molar-refractivity contribution in [2.45, 2.75) is 13.3 Å².